The number of alkyl halides is 1. The van der Waals surface area contributed by atoms with Gasteiger partial charge < -0.3 is 14.7 Å². The topological polar surface area (TPSA) is 85.6 Å². The van der Waals surface area contributed by atoms with Gasteiger partial charge in [0.1, 0.15) is 11.5 Å². The van der Waals surface area contributed by atoms with E-state index in [1.165, 1.54) is 108 Å². The number of nitrogens with zero attached hydrogens (tertiary/aromatic N) is 5. The van der Waals surface area contributed by atoms with Gasteiger partial charge in [0, 0.05) is 48.6 Å². The summed E-state index contributed by atoms with van der Waals surface area (Å²) in [6, 6.07) is 1.22. The van der Waals surface area contributed by atoms with Crippen molar-refractivity contribution in [2.24, 2.45) is 57.3 Å². The lowest BCUT2D eigenvalue weighted by Crippen LogP contribution is -2.60. The van der Waals surface area contributed by atoms with Crippen molar-refractivity contribution in [2.75, 3.05) is 32.7 Å². The molecule has 2 bridgehead atoms. The molecular formula is C61H118FN5O3. The van der Waals surface area contributed by atoms with Crippen molar-refractivity contribution < 1.29 is 18.8 Å². The minimum atomic E-state index is -1.13. The summed E-state index contributed by atoms with van der Waals surface area (Å²) in [7, 11) is 0. The number of hydrogen-bond acceptors (Lipinski definition) is 5. The van der Waals surface area contributed by atoms with Crippen LogP contribution in [0.25, 0.3) is 0 Å². The highest BCUT2D eigenvalue weighted by Gasteiger charge is 2.44. The molecule has 0 aromatic rings. The number of amides is 3. The summed E-state index contributed by atoms with van der Waals surface area (Å²) < 4.78 is 13.3. The quantitative estimate of drug-likeness (QED) is 0.281. The molecule has 5 heterocycles. The minimum Gasteiger partial charge on any atom is -0.342 e. The number of rotatable bonds is 4. The summed E-state index contributed by atoms with van der Waals surface area (Å²) in [4.78, 5) is 51.7. The molecule has 9 rings (SSSR count). The van der Waals surface area contributed by atoms with Crippen LogP contribution in [0.15, 0.2) is 9.98 Å². The third-order valence-electron chi connectivity index (χ3n) is 16.3. The maximum atomic E-state index is 13.3. The SMILES string of the molecule is C.C.CC.CC.CC.CC.CC1=NCC(C2CCC(C)CC2)=N1.CC1CCC(C(=O)N2CC(C)(F)C2)CC1.CC1CCC(C(=O)N2CCCCC2)CC1.CC1CCC(C(=O)N2[C@@H]3CCC[C@H]2CC3)CC1. The Morgan fingerprint density at radius 3 is 1.20 bits per heavy atom. The van der Waals surface area contributed by atoms with Crippen LogP contribution in [0.3, 0.4) is 0 Å². The van der Waals surface area contributed by atoms with Crippen molar-refractivity contribution >= 4 is 29.3 Å². The zero-order valence-corrected chi connectivity index (χ0v) is 47.1. The average Bonchev–Trinajstić information content (AvgIpc) is 3.92. The Labute approximate surface area is 434 Å². The van der Waals surface area contributed by atoms with Crippen molar-refractivity contribution in [3.8, 4) is 0 Å². The first-order valence-electron chi connectivity index (χ1n) is 29.4. The Hall–Kier alpha value is -2.32. The number of hydrogen-bond donors (Lipinski definition) is 0. The molecule has 0 radical (unpaired) electrons. The fourth-order valence-electron chi connectivity index (χ4n) is 12.0. The predicted octanol–water partition coefficient (Wildman–Crippen LogP) is 16.6. The van der Waals surface area contributed by atoms with Crippen molar-refractivity contribution in [3.63, 3.8) is 0 Å². The Bertz CT molecular complexity index is 1420. The van der Waals surface area contributed by atoms with Gasteiger partial charge in [0.05, 0.1) is 19.6 Å². The molecule has 412 valence electrons. The van der Waals surface area contributed by atoms with Crippen LogP contribution < -0.4 is 0 Å². The predicted molar refractivity (Wildman–Crippen MR) is 303 cm³/mol. The molecule has 3 amide bonds. The van der Waals surface area contributed by atoms with E-state index in [1.807, 2.05) is 62.3 Å². The summed E-state index contributed by atoms with van der Waals surface area (Å²) in [5, 5.41) is 0. The minimum absolute atomic E-state index is 0. The number of carbonyl (C=O) groups excluding carboxylic acids is 3. The summed E-state index contributed by atoms with van der Waals surface area (Å²) in [5.41, 5.74) is 0.224. The smallest absolute Gasteiger partial charge is 0.226 e. The lowest BCUT2D eigenvalue weighted by Gasteiger charge is -2.44. The number of amidine groups is 1. The summed E-state index contributed by atoms with van der Waals surface area (Å²) in [5.74, 6) is 7.18. The van der Waals surface area contributed by atoms with Gasteiger partial charge in [-0.3, -0.25) is 19.4 Å². The molecule has 0 unspecified atom stereocenters. The first kappa shape index (κ1) is 67.7. The van der Waals surface area contributed by atoms with E-state index in [2.05, 4.69) is 47.5 Å². The summed E-state index contributed by atoms with van der Waals surface area (Å²) in [6.45, 7) is 32.3. The van der Waals surface area contributed by atoms with E-state index in [1.54, 1.807) is 11.8 Å². The van der Waals surface area contributed by atoms with Crippen molar-refractivity contribution in [1.82, 2.24) is 14.7 Å². The molecule has 0 spiro atoms. The first-order chi connectivity index (χ1) is 32.8. The molecule has 0 aromatic heterocycles. The van der Waals surface area contributed by atoms with E-state index in [9.17, 15) is 18.8 Å². The molecule has 4 saturated heterocycles. The van der Waals surface area contributed by atoms with Crippen LogP contribution in [-0.2, 0) is 14.4 Å². The van der Waals surface area contributed by atoms with Gasteiger partial charge in [-0.2, -0.15) is 0 Å². The Morgan fingerprint density at radius 2 is 0.843 bits per heavy atom. The highest BCUT2D eigenvalue weighted by atomic mass is 19.1. The van der Waals surface area contributed by atoms with Gasteiger partial charge in [-0.15, -0.1) is 0 Å². The van der Waals surface area contributed by atoms with Crippen LogP contribution >= 0.6 is 0 Å². The Kier molecular flexibility index (Phi) is 35.4. The van der Waals surface area contributed by atoms with E-state index in [0.717, 1.165) is 106 Å². The summed E-state index contributed by atoms with van der Waals surface area (Å²) in [6.07, 6.45) is 29.5. The first-order valence-corrected chi connectivity index (χ1v) is 29.4. The molecular weight excluding hydrogens is 870 g/mol. The van der Waals surface area contributed by atoms with Crippen molar-refractivity contribution in [3.05, 3.63) is 0 Å². The van der Waals surface area contributed by atoms with Crippen LogP contribution in [0, 0.1) is 47.3 Å². The normalized spacial score (nSPS) is 31.3. The van der Waals surface area contributed by atoms with E-state index in [-0.39, 0.29) is 26.7 Å². The van der Waals surface area contributed by atoms with E-state index in [0.29, 0.717) is 48.8 Å². The second-order valence-electron chi connectivity index (χ2n) is 21.8. The number of likely N-dealkylation sites (tertiary alicyclic amines) is 2. The van der Waals surface area contributed by atoms with Crippen molar-refractivity contribution in [2.45, 2.75) is 284 Å². The average molecular weight is 989 g/mol. The zero-order chi connectivity index (χ0) is 50.8. The standard InChI is InChI=1S/C15H25NO.C13H23NO.C12H20FNO.C11H18N2.4C2H6.2CH4/c1-11-5-7-12(8-6-11)15(17)16-13-3-2-4-14(16)10-9-13;1-11-5-7-12(8-6-11)13(15)14-9-3-2-4-10-14;1-9-3-5-10(6-4-9)11(15)14-7-12(2,13)8-14;1-8-3-5-10(6-4-8)11-7-12-9(2)13-11;4*1-2;;/h11-14H,2-10H2,1H3;11-12H,2-10H2,1H3;9-10H,3-8H2,1-2H3;8,10H,3-7H2,1-2H3;4*1-2H3;2*1H4/t11?,12?,13-,14+;;;;;;;;;. The molecule has 0 N–H and O–H groups in total. The molecule has 70 heavy (non-hydrogen) atoms. The van der Waals surface area contributed by atoms with Crippen LogP contribution in [0.2, 0.25) is 0 Å². The number of piperidine rings is 2. The zero-order valence-electron chi connectivity index (χ0n) is 47.1. The van der Waals surface area contributed by atoms with Gasteiger partial charge >= 0.3 is 0 Å². The monoisotopic (exact) mass is 988 g/mol. The van der Waals surface area contributed by atoms with Crippen LogP contribution in [0.1, 0.15) is 266 Å². The number of fused-ring (bicyclic) bond motifs is 2. The number of carbonyl (C=O) groups is 3. The lowest BCUT2D eigenvalue weighted by atomic mass is 9.80. The molecule has 9 heteroatoms. The van der Waals surface area contributed by atoms with Gasteiger partial charge in [0.2, 0.25) is 17.7 Å². The second kappa shape index (κ2) is 36.6. The molecule has 8 nitrogen and oxygen atoms in total. The van der Waals surface area contributed by atoms with Gasteiger partial charge in [0.25, 0.3) is 0 Å². The third-order valence-corrected chi connectivity index (χ3v) is 16.3. The number of aliphatic imine (C=N–C) groups is 2. The second-order valence-corrected chi connectivity index (χ2v) is 21.8. The Morgan fingerprint density at radius 1 is 0.486 bits per heavy atom. The van der Waals surface area contributed by atoms with E-state index < -0.39 is 5.67 Å². The molecule has 0 aromatic carbocycles. The molecule has 9 aliphatic rings. The molecule has 4 saturated carbocycles. The van der Waals surface area contributed by atoms with Crippen molar-refractivity contribution in [1.29, 1.82) is 0 Å². The third kappa shape index (κ3) is 22.0. The van der Waals surface area contributed by atoms with Gasteiger partial charge in [-0.25, -0.2) is 9.38 Å². The molecule has 5 aliphatic heterocycles. The Balaban J connectivity index is 0.000000859. The van der Waals surface area contributed by atoms with Crippen LogP contribution in [-0.4, -0.2) is 94.4 Å². The van der Waals surface area contributed by atoms with Gasteiger partial charge in [-0.1, -0.05) is 111 Å². The highest BCUT2D eigenvalue weighted by molar-refractivity contribution is 6.04. The number of halogens is 1. The fourth-order valence-corrected chi connectivity index (χ4v) is 12.0. The van der Waals surface area contributed by atoms with Crippen LogP contribution in [0.5, 0.6) is 0 Å². The van der Waals surface area contributed by atoms with E-state index in [4.69, 9.17) is 0 Å². The maximum absolute atomic E-state index is 13.3. The lowest BCUT2D eigenvalue weighted by molar-refractivity contribution is -0.149. The fraction of sp³-hybridized carbons (Fsp3) is 0.918. The van der Waals surface area contributed by atoms with Gasteiger partial charge in [0.15, 0.2) is 0 Å². The van der Waals surface area contributed by atoms with Crippen LogP contribution in [0.4, 0.5) is 4.39 Å². The summed E-state index contributed by atoms with van der Waals surface area (Å²) >= 11 is 0. The van der Waals surface area contributed by atoms with E-state index >= 15 is 0 Å². The highest BCUT2D eigenvalue weighted by Crippen LogP contribution is 2.39. The maximum Gasteiger partial charge on any atom is 0.226 e. The molecule has 8 fully saturated rings. The van der Waals surface area contributed by atoms with Gasteiger partial charge in [-0.05, 0) is 185 Å². The molecule has 4 aliphatic carbocycles. The molecule has 2 atom stereocenters. The largest absolute Gasteiger partial charge is 0.342 e.